The predicted molar refractivity (Wildman–Crippen MR) is 76.3 cm³/mol. The molecule has 0 aromatic carbocycles. The molecule has 2 N–H and O–H groups in total. The van der Waals surface area contributed by atoms with Crippen LogP contribution in [0.3, 0.4) is 0 Å². The molecular formula is C11H18BrClN2S. The maximum absolute atomic E-state index is 5.93. The molecule has 0 saturated carbocycles. The molecule has 0 aliphatic carbocycles. The Bertz CT molecular complexity index is 330. The molecule has 2 rings (SSSR count). The van der Waals surface area contributed by atoms with Crippen molar-refractivity contribution in [3.05, 3.63) is 20.8 Å². The van der Waals surface area contributed by atoms with Gasteiger partial charge in [0, 0.05) is 24.0 Å². The van der Waals surface area contributed by atoms with Gasteiger partial charge in [-0.15, -0.1) is 23.7 Å². The van der Waals surface area contributed by atoms with Gasteiger partial charge < -0.3 is 5.73 Å². The van der Waals surface area contributed by atoms with Crippen LogP contribution in [-0.2, 0) is 6.54 Å². The Morgan fingerprint density at radius 2 is 2.38 bits per heavy atom. The quantitative estimate of drug-likeness (QED) is 0.925. The summed E-state index contributed by atoms with van der Waals surface area (Å²) in [6.45, 7) is 5.56. The summed E-state index contributed by atoms with van der Waals surface area (Å²) in [5.41, 5.74) is 5.93. The fourth-order valence-corrected chi connectivity index (χ4v) is 3.62. The Balaban J connectivity index is 0.00000128. The summed E-state index contributed by atoms with van der Waals surface area (Å²) >= 11 is 5.32. The molecule has 92 valence electrons. The van der Waals surface area contributed by atoms with Crippen molar-refractivity contribution in [3.8, 4) is 0 Å². The number of hydrogen-bond donors (Lipinski definition) is 1. The van der Waals surface area contributed by atoms with Crippen LogP contribution in [-0.4, -0.2) is 24.0 Å². The van der Waals surface area contributed by atoms with Crippen molar-refractivity contribution < 1.29 is 0 Å². The van der Waals surface area contributed by atoms with E-state index in [0.29, 0.717) is 12.0 Å². The highest BCUT2D eigenvalue weighted by Gasteiger charge is 2.25. The SMILES string of the molecule is CC(N)C1CCN(Cc2ccc(Br)s2)C1.Cl. The van der Waals surface area contributed by atoms with Gasteiger partial charge in [-0.2, -0.15) is 0 Å². The predicted octanol–water partition coefficient (Wildman–Crippen LogP) is 3.10. The molecule has 1 aliphatic rings. The van der Waals surface area contributed by atoms with E-state index in [0.717, 1.165) is 13.1 Å². The first-order chi connectivity index (χ1) is 7.15. The van der Waals surface area contributed by atoms with Crippen molar-refractivity contribution in [2.24, 2.45) is 11.7 Å². The topological polar surface area (TPSA) is 29.3 Å². The van der Waals surface area contributed by atoms with Gasteiger partial charge >= 0.3 is 0 Å². The maximum atomic E-state index is 5.93. The summed E-state index contributed by atoms with van der Waals surface area (Å²) < 4.78 is 1.22. The smallest absolute Gasteiger partial charge is 0.0701 e. The first-order valence-electron chi connectivity index (χ1n) is 5.37. The van der Waals surface area contributed by atoms with E-state index in [1.807, 2.05) is 11.3 Å². The van der Waals surface area contributed by atoms with Gasteiger partial charge in [-0.05, 0) is 53.9 Å². The molecule has 2 nitrogen and oxygen atoms in total. The molecule has 0 bridgehead atoms. The third-order valence-corrected chi connectivity index (χ3v) is 4.67. The van der Waals surface area contributed by atoms with E-state index in [2.05, 4.69) is 39.9 Å². The second kappa shape index (κ2) is 6.36. The summed E-state index contributed by atoms with van der Waals surface area (Å²) in [7, 11) is 0. The Kier molecular flexibility index (Phi) is 5.74. The molecule has 1 aliphatic heterocycles. The van der Waals surface area contributed by atoms with Gasteiger partial charge in [0.25, 0.3) is 0 Å². The largest absolute Gasteiger partial charge is 0.328 e. The second-order valence-electron chi connectivity index (χ2n) is 4.35. The molecule has 0 spiro atoms. The number of likely N-dealkylation sites (tertiary alicyclic amines) is 1. The number of hydrogen-bond acceptors (Lipinski definition) is 3. The first-order valence-corrected chi connectivity index (χ1v) is 6.98. The monoisotopic (exact) mass is 324 g/mol. The lowest BCUT2D eigenvalue weighted by molar-refractivity contribution is 0.311. The molecule has 0 amide bonds. The maximum Gasteiger partial charge on any atom is 0.0701 e. The minimum atomic E-state index is 0. The summed E-state index contributed by atoms with van der Waals surface area (Å²) in [6.07, 6.45) is 1.25. The van der Waals surface area contributed by atoms with Crippen LogP contribution in [0.5, 0.6) is 0 Å². The van der Waals surface area contributed by atoms with Crippen molar-refractivity contribution in [2.75, 3.05) is 13.1 Å². The average molecular weight is 326 g/mol. The van der Waals surface area contributed by atoms with Crippen LogP contribution in [0, 0.1) is 5.92 Å². The lowest BCUT2D eigenvalue weighted by Gasteiger charge is -2.16. The number of thiophene rings is 1. The van der Waals surface area contributed by atoms with E-state index < -0.39 is 0 Å². The van der Waals surface area contributed by atoms with Crippen molar-refractivity contribution in [1.29, 1.82) is 0 Å². The van der Waals surface area contributed by atoms with Crippen LogP contribution < -0.4 is 5.73 Å². The van der Waals surface area contributed by atoms with Gasteiger partial charge in [0.05, 0.1) is 3.79 Å². The minimum absolute atomic E-state index is 0. The molecule has 0 radical (unpaired) electrons. The molecule has 16 heavy (non-hydrogen) atoms. The Hall–Kier alpha value is 0.390. The zero-order valence-electron chi connectivity index (χ0n) is 9.36. The number of nitrogens with two attached hydrogens (primary N) is 1. The lowest BCUT2D eigenvalue weighted by atomic mass is 10.0. The molecule has 2 atom stereocenters. The van der Waals surface area contributed by atoms with Crippen molar-refractivity contribution in [1.82, 2.24) is 4.90 Å². The number of halogens is 2. The van der Waals surface area contributed by atoms with Crippen LogP contribution in [0.15, 0.2) is 15.9 Å². The normalized spacial score (nSPS) is 23.1. The molecule has 1 saturated heterocycles. The van der Waals surface area contributed by atoms with E-state index in [1.165, 1.54) is 21.6 Å². The zero-order chi connectivity index (χ0) is 10.8. The van der Waals surface area contributed by atoms with Gasteiger partial charge in [-0.1, -0.05) is 0 Å². The van der Waals surface area contributed by atoms with E-state index in [-0.39, 0.29) is 12.4 Å². The van der Waals surface area contributed by atoms with E-state index in [4.69, 9.17) is 5.73 Å². The van der Waals surface area contributed by atoms with Crippen molar-refractivity contribution >= 4 is 39.7 Å². The van der Waals surface area contributed by atoms with Crippen molar-refractivity contribution in [2.45, 2.75) is 25.9 Å². The van der Waals surface area contributed by atoms with Crippen LogP contribution in [0.2, 0.25) is 0 Å². The molecule has 5 heteroatoms. The first kappa shape index (κ1) is 14.5. The van der Waals surface area contributed by atoms with Crippen molar-refractivity contribution in [3.63, 3.8) is 0 Å². The Morgan fingerprint density at radius 3 is 2.88 bits per heavy atom. The summed E-state index contributed by atoms with van der Waals surface area (Å²) in [6, 6.07) is 4.66. The van der Waals surface area contributed by atoms with Crippen LogP contribution in [0.4, 0.5) is 0 Å². The molecule has 2 heterocycles. The molecule has 1 fully saturated rings. The minimum Gasteiger partial charge on any atom is -0.328 e. The highest BCUT2D eigenvalue weighted by molar-refractivity contribution is 9.11. The number of nitrogens with zero attached hydrogens (tertiary/aromatic N) is 1. The second-order valence-corrected chi connectivity index (χ2v) is 6.90. The van der Waals surface area contributed by atoms with Gasteiger partial charge in [0.2, 0.25) is 0 Å². The molecule has 2 unspecified atom stereocenters. The third kappa shape index (κ3) is 3.70. The Morgan fingerprint density at radius 1 is 1.62 bits per heavy atom. The van der Waals surface area contributed by atoms with E-state index in [9.17, 15) is 0 Å². The summed E-state index contributed by atoms with van der Waals surface area (Å²) in [4.78, 5) is 3.94. The third-order valence-electron chi connectivity index (χ3n) is 3.06. The van der Waals surface area contributed by atoms with E-state index >= 15 is 0 Å². The van der Waals surface area contributed by atoms with Crippen LogP contribution >= 0.6 is 39.7 Å². The average Bonchev–Trinajstić information content (AvgIpc) is 2.76. The van der Waals surface area contributed by atoms with Crippen LogP contribution in [0.1, 0.15) is 18.2 Å². The fraction of sp³-hybridized carbons (Fsp3) is 0.636. The standard InChI is InChI=1S/C11H17BrN2S.ClH/c1-8(13)9-4-5-14(6-9)7-10-2-3-11(12)15-10;/h2-3,8-9H,4-7,13H2,1H3;1H. The summed E-state index contributed by atoms with van der Waals surface area (Å²) in [5, 5.41) is 0. The number of rotatable bonds is 3. The van der Waals surface area contributed by atoms with Gasteiger partial charge in [-0.25, -0.2) is 0 Å². The van der Waals surface area contributed by atoms with Gasteiger partial charge in [-0.3, -0.25) is 4.90 Å². The van der Waals surface area contributed by atoms with E-state index in [1.54, 1.807) is 0 Å². The fourth-order valence-electron chi connectivity index (χ4n) is 2.09. The molecule has 1 aromatic rings. The zero-order valence-corrected chi connectivity index (χ0v) is 12.6. The summed E-state index contributed by atoms with van der Waals surface area (Å²) in [5.74, 6) is 0.688. The lowest BCUT2D eigenvalue weighted by Crippen LogP contribution is -2.29. The Labute approximate surface area is 116 Å². The van der Waals surface area contributed by atoms with Crippen LogP contribution in [0.25, 0.3) is 0 Å². The highest BCUT2D eigenvalue weighted by Crippen LogP contribution is 2.26. The highest BCUT2D eigenvalue weighted by atomic mass is 79.9. The molecule has 1 aromatic heterocycles. The van der Waals surface area contributed by atoms with Gasteiger partial charge in [0.15, 0.2) is 0 Å². The molecular weight excluding hydrogens is 308 g/mol. The van der Waals surface area contributed by atoms with Gasteiger partial charge in [0.1, 0.15) is 0 Å².